The topological polar surface area (TPSA) is 106 Å². The molecule has 1 aromatic carbocycles. The fourth-order valence-corrected chi connectivity index (χ4v) is 4.56. The van der Waals surface area contributed by atoms with Gasteiger partial charge >= 0.3 is 5.97 Å². The van der Waals surface area contributed by atoms with E-state index in [-0.39, 0.29) is 11.3 Å². The fraction of sp³-hybridized carbons (Fsp3) is 0.500. The van der Waals surface area contributed by atoms with Crippen LogP contribution < -0.4 is 5.32 Å². The van der Waals surface area contributed by atoms with Gasteiger partial charge in [-0.15, -0.1) is 0 Å². The molecule has 32 heavy (non-hydrogen) atoms. The van der Waals surface area contributed by atoms with Crippen LogP contribution in [-0.4, -0.2) is 48.0 Å². The van der Waals surface area contributed by atoms with E-state index in [4.69, 9.17) is 14.6 Å². The zero-order valence-electron chi connectivity index (χ0n) is 18.6. The maximum atomic E-state index is 13.1. The number of nitrogens with one attached hydrogen (secondary N) is 1. The first-order valence-electron chi connectivity index (χ1n) is 11.2. The molecule has 4 rings (SSSR count). The van der Waals surface area contributed by atoms with Crippen LogP contribution in [0.1, 0.15) is 65.1 Å². The number of ether oxygens (including phenoxy) is 2. The number of nitrogens with zero attached hydrogens (tertiary/aromatic N) is 3. The number of hydrogen-bond acceptors (Lipinski definition) is 6. The van der Waals surface area contributed by atoms with Gasteiger partial charge in [0.1, 0.15) is 5.69 Å². The minimum absolute atomic E-state index is 0.111. The van der Waals surface area contributed by atoms with Crippen LogP contribution in [0.25, 0.3) is 11.3 Å². The Labute approximate surface area is 187 Å². The van der Waals surface area contributed by atoms with Crippen LogP contribution in [0.4, 0.5) is 0 Å². The molecule has 1 amide bonds. The molecule has 2 aliphatic heterocycles. The van der Waals surface area contributed by atoms with E-state index in [1.807, 2.05) is 13.8 Å². The van der Waals surface area contributed by atoms with Gasteiger partial charge in [0.2, 0.25) is 0 Å². The molecule has 1 spiro atoms. The lowest BCUT2D eigenvalue weighted by Crippen LogP contribution is -2.40. The average Bonchev–Trinajstić information content (AvgIpc) is 3.12. The second-order valence-corrected chi connectivity index (χ2v) is 8.47. The number of nitriles is 1. The number of benzene rings is 1. The zero-order chi connectivity index (χ0) is 22.7. The van der Waals surface area contributed by atoms with Crippen molar-refractivity contribution >= 4 is 11.9 Å². The van der Waals surface area contributed by atoms with E-state index in [0.717, 1.165) is 24.8 Å². The van der Waals surface area contributed by atoms with Gasteiger partial charge in [0.05, 0.1) is 29.5 Å². The Bertz CT molecular complexity index is 1080. The van der Waals surface area contributed by atoms with Gasteiger partial charge in [-0.3, -0.25) is 9.48 Å². The molecule has 0 aliphatic carbocycles. The molecule has 1 N–H and O–H groups in total. The summed E-state index contributed by atoms with van der Waals surface area (Å²) in [6.07, 6.45) is 3.08. The van der Waals surface area contributed by atoms with E-state index in [1.165, 1.54) is 0 Å². The normalized spacial score (nSPS) is 17.2. The molecule has 0 unspecified atom stereocenters. The summed E-state index contributed by atoms with van der Waals surface area (Å²) >= 11 is 0. The van der Waals surface area contributed by atoms with Crippen molar-refractivity contribution in [2.45, 2.75) is 46.1 Å². The molecule has 2 aromatic rings. The highest BCUT2D eigenvalue weighted by Gasteiger charge is 2.40. The van der Waals surface area contributed by atoms with E-state index in [1.54, 1.807) is 22.9 Å². The molecule has 1 saturated heterocycles. The Morgan fingerprint density at radius 3 is 2.81 bits per heavy atom. The Balaban J connectivity index is 1.85. The van der Waals surface area contributed by atoms with Crippen molar-refractivity contribution in [1.29, 1.82) is 5.26 Å². The Morgan fingerprint density at radius 2 is 2.12 bits per heavy atom. The van der Waals surface area contributed by atoms with Crippen molar-refractivity contribution in [3.63, 3.8) is 0 Å². The van der Waals surface area contributed by atoms with Crippen molar-refractivity contribution in [3.8, 4) is 17.3 Å². The molecule has 0 saturated carbocycles. The largest absolute Gasteiger partial charge is 0.462 e. The lowest BCUT2D eigenvalue weighted by Gasteiger charge is -2.36. The van der Waals surface area contributed by atoms with Gasteiger partial charge in [0, 0.05) is 37.4 Å². The minimum atomic E-state index is -0.433. The number of aryl methyl sites for hydroxylation is 1. The van der Waals surface area contributed by atoms with Gasteiger partial charge in [-0.25, -0.2) is 4.79 Å². The maximum absolute atomic E-state index is 13.1. The minimum Gasteiger partial charge on any atom is -0.462 e. The van der Waals surface area contributed by atoms with Crippen LogP contribution in [0.3, 0.4) is 0 Å². The highest BCUT2D eigenvalue weighted by Crippen LogP contribution is 2.40. The highest BCUT2D eigenvalue weighted by molar-refractivity contribution is 5.97. The van der Waals surface area contributed by atoms with Crippen LogP contribution in [0.5, 0.6) is 0 Å². The smallest absolute Gasteiger partial charge is 0.338 e. The van der Waals surface area contributed by atoms with Crippen molar-refractivity contribution in [2.75, 3.05) is 26.4 Å². The molecule has 0 bridgehead atoms. The summed E-state index contributed by atoms with van der Waals surface area (Å²) in [4.78, 5) is 25.5. The molecular formula is C24H28N4O4. The molecule has 0 radical (unpaired) electrons. The molecule has 8 nitrogen and oxygen atoms in total. The highest BCUT2D eigenvalue weighted by atomic mass is 16.5. The van der Waals surface area contributed by atoms with Crippen molar-refractivity contribution in [2.24, 2.45) is 5.41 Å². The average molecular weight is 437 g/mol. The van der Waals surface area contributed by atoms with Crippen LogP contribution in [0.2, 0.25) is 0 Å². The summed E-state index contributed by atoms with van der Waals surface area (Å²) in [6, 6.07) is 7.10. The number of carbonyl (C=O) groups excluding carboxylic acids is 2. The second kappa shape index (κ2) is 9.13. The van der Waals surface area contributed by atoms with Crippen LogP contribution in [0, 0.1) is 16.7 Å². The summed E-state index contributed by atoms with van der Waals surface area (Å²) in [7, 11) is 0. The summed E-state index contributed by atoms with van der Waals surface area (Å²) < 4.78 is 12.6. The van der Waals surface area contributed by atoms with Crippen LogP contribution in [0.15, 0.2) is 18.2 Å². The van der Waals surface area contributed by atoms with Crippen LogP contribution >= 0.6 is 0 Å². The van der Waals surface area contributed by atoms with Crippen molar-refractivity contribution in [1.82, 2.24) is 15.1 Å². The number of fused-ring (bicyclic) bond motifs is 1. The summed E-state index contributed by atoms with van der Waals surface area (Å²) in [6.45, 7) is 6.62. The van der Waals surface area contributed by atoms with Crippen LogP contribution in [-0.2, 0) is 22.4 Å². The monoisotopic (exact) mass is 436 g/mol. The summed E-state index contributed by atoms with van der Waals surface area (Å²) in [5, 5.41) is 17.6. The van der Waals surface area contributed by atoms with Crippen molar-refractivity contribution in [3.05, 3.63) is 40.6 Å². The van der Waals surface area contributed by atoms with E-state index in [9.17, 15) is 14.9 Å². The van der Waals surface area contributed by atoms with Gasteiger partial charge in [0.25, 0.3) is 5.91 Å². The number of carbonyl (C=O) groups is 2. The standard InChI is InChI=1S/C24H28N4O4/c1-3-9-32-23(30)16-5-6-17(14-25)18(12-16)20-19-13-24(7-10-31-11-8-24)15-26-22(29)21(19)28(4-2)27-20/h5-6,12H,3-4,7-11,13,15H2,1-2H3,(H,26,29). The first-order chi connectivity index (χ1) is 15.5. The summed E-state index contributed by atoms with van der Waals surface area (Å²) in [5.41, 5.74) is 3.18. The molecule has 8 heteroatoms. The second-order valence-electron chi connectivity index (χ2n) is 8.47. The number of amides is 1. The summed E-state index contributed by atoms with van der Waals surface area (Å²) in [5.74, 6) is -0.585. The number of aromatic nitrogens is 2. The van der Waals surface area contributed by atoms with Gasteiger partial charge in [-0.2, -0.15) is 10.4 Å². The molecule has 0 atom stereocenters. The zero-order valence-corrected chi connectivity index (χ0v) is 18.6. The molecule has 2 aliphatic rings. The number of hydrogen-bond donors (Lipinski definition) is 1. The lowest BCUT2D eigenvalue weighted by molar-refractivity contribution is 0.0161. The van der Waals surface area contributed by atoms with E-state index >= 15 is 0 Å². The molecule has 1 aromatic heterocycles. The molecular weight excluding hydrogens is 408 g/mol. The lowest BCUT2D eigenvalue weighted by atomic mass is 9.75. The quantitative estimate of drug-likeness (QED) is 0.722. The first-order valence-corrected chi connectivity index (χ1v) is 11.2. The SMILES string of the molecule is CCCOC(=O)c1ccc(C#N)c(-c2nn(CC)c3c2CC2(CCOCC2)CNC3=O)c1. The van der Waals surface area contributed by atoms with Gasteiger partial charge in [-0.05, 0) is 56.2 Å². The van der Waals surface area contributed by atoms with Crippen molar-refractivity contribution < 1.29 is 19.1 Å². The first kappa shape index (κ1) is 22.0. The Morgan fingerprint density at radius 1 is 1.34 bits per heavy atom. The van der Waals surface area contributed by atoms with Gasteiger partial charge in [0.15, 0.2) is 0 Å². The van der Waals surface area contributed by atoms with Gasteiger partial charge < -0.3 is 14.8 Å². The van der Waals surface area contributed by atoms with Gasteiger partial charge in [-0.1, -0.05) is 6.92 Å². The predicted octanol–water partition coefficient (Wildman–Crippen LogP) is 3.09. The Kier molecular flexibility index (Phi) is 6.28. The number of esters is 1. The van der Waals surface area contributed by atoms with E-state index < -0.39 is 5.97 Å². The third-order valence-corrected chi connectivity index (χ3v) is 6.36. The molecule has 3 heterocycles. The van der Waals surface area contributed by atoms with E-state index in [2.05, 4.69) is 11.4 Å². The third-order valence-electron chi connectivity index (χ3n) is 6.36. The third kappa shape index (κ3) is 4.00. The predicted molar refractivity (Wildman–Crippen MR) is 117 cm³/mol. The van der Waals surface area contributed by atoms with E-state index in [0.29, 0.717) is 67.4 Å². The molecule has 168 valence electrons. The molecule has 1 fully saturated rings. The Hall–Kier alpha value is -3.18. The number of rotatable bonds is 5. The fourth-order valence-electron chi connectivity index (χ4n) is 4.56. The maximum Gasteiger partial charge on any atom is 0.338 e.